The van der Waals surface area contributed by atoms with Crippen molar-refractivity contribution in [1.82, 2.24) is 4.98 Å². The van der Waals surface area contributed by atoms with Crippen molar-refractivity contribution in [3.05, 3.63) is 52.8 Å². The summed E-state index contributed by atoms with van der Waals surface area (Å²) < 4.78 is 11.1. The zero-order chi connectivity index (χ0) is 15.4. The maximum Gasteiger partial charge on any atom is 0.138 e. The van der Waals surface area contributed by atoms with Crippen molar-refractivity contribution < 1.29 is 9.47 Å². The average Bonchev–Trinajstić information content (AvgIpc) is 2.55. The fourth-order valence-corrected chi connectivity index (χ4v) is 2.79. The zero-order valence-corrected chi connectivity index (χ0v) is 13.1. The first-order valence-electron chi connectivity index (χ1n) is 7.43. The molecule has 5 heteroatoms. The van der Waals surface area contributed by atoms with Crippen molar-refractivity contribution in [3.63, 3.8) is 0 Å². The molecule has 2 aromatic rings. The van der Waals surface area contributed by atoms with E-state index in [0.717, 1.165) is 37.3 Å². The number of nitrogen functional groups attached to an aromatic ring is 1. The second kappa shape index (κ2) is 6.99. The van der Waals surface area contributed by atoms with E-state index < -0.39 is 0 Å². The summed E-state index contributed by atoms with van der Waals surface area (Å²) in [5, 5.41) is 0.520. The Morgan fingerprint density at radius 1 is 1.23 bits per heavy atom. The largest absolute Gasteiger partial charge is 0.487 e. The molecule has 1 aliphatic rings. The van der Waals surface area contributed by atoms with Crippen molar-refractivity contribution in [1.29, 1.82) is 0 Å². The van der Waals surface area contributed by atoms with Crippen molar-refractivity contribution in [2.75, 3.05) is 18.9 Å². The molecule has 1 saturated heterocycles. The van der Waals surface area contributed by atoms with Gasteiger partial charge in [-0.15, -0.1) is 0 Å². The number of nitrogens with two attached hydrogens (primary N) is 1. The predicted octanol–water partition coefficient (Wildman–Crippen LogP) is 3.79. The number of hydrogen-bond donors (Lipinski definition) is 1. The van der Waals surface area contributed by atoms with E-state index >= 15 is 0 Å². The smallest absolute Gasteiger partial charge is 0.138 e. The first-order valence-corrected chi connectivity index (χ1v) is 7.80. The summed E-state index contributed by atoms with van der Waals surface area (Å²) in [5.74, 6) is 1.14. The van der Waals surface area contributed by atoms with Gasteiger partial charge in [0.15, 0.2) is 0 Å². The number of rotatable bonds is 4. The third-order valence-electron chi connectivity index (χ3n) is 3.84. The quantitative estimate of drug-likeness (QED) is 0.871. The molecule has 0 unspecified atom stereocenters. The Bertz CT molecular complexity index is 625. The van der Waals surface area contributed by atoms with Crippen LogP contribution in [0.25, 0.3) is 0 Å². The Hall–Kier alpha value is -1.78. The second-order valence-electron chi connectivity index (χ2n) is 5.46. The number of pyridine rings is 1. The maximum atomic E-state index is 6.09. The molecule has 2 N–H and O–H groups in total. The van der Waals surface area contributed by atoms with Crippen molar-refractivity contribution in [3.8, 4) is 5.75 Å². The molecule has 0 atom stereocenters. The van der Waals surface area contributed by atoms with Gasteiger partial charge in [-0.05, 0) is 37.1 Å². The maximum absolute atomic E-state index is 6.09. The van der Waals surface area contributed by atoms with Gasteiger partial charge >= 0.3 is 0 Å². The molecule has 0 spiro atoms. The van der Waals surface area contributed by atoms with E-state index in [1.807, 2.05) is 6.20 Å². The van der Waals surface area contributed by atoms with Crippen LogP contribution in [0.15, 0.2) is 36.5 Å². The highest BCUT2D eigenvalue weighted by molar-refractivity contribution is 6.32. The first kappa shape index (κ1) is 15.1. The summed E-state index contributed by atoms with van der Waals surface area (Å²) >= 11 is 6.09. The van der Waals surface area contributed by atoms with Gasteiger partial charge in [-0.25, -0.2) is 0 Å². The highest BCUT2D eigenvalue weighted by atomic mass is 35.5. The molecule has 4 nitrogen and oxygen atoms in total. The van der Waals surface area contributed by atoms with E-state index in [2.05, 4.69) is 17.1 Å². The van der Waals surface area contributed by atoms with E-state index in [9.17, 15) is 0 Å². The number of ether oxygens (including phenoxy) is 2. The molecule has 0 amide bonds. The lowest BCUT2D eigenvalue weighted by Crippen LogP contribution is -2.15. The average molecular weight is 319 g/mol. The highest BCUT2D eigenvalue weighted by Gasteiger charge is 2.16. The number of aromatic nitrogens is 1. The molecule has 1 aromatic heterocycles. The van der Waals surface area contributed by atoms with Crippen LogP contribution in [0.5, 0.6) is 5.75 Å². The van der Waals surface area contributed by atoms with E-state index in [1.165, 1.54) is 0 Å². The Labute approximate surface area is 135 Å². The standard InChI is InChI=1S/C17H19ClN2O2/c18-15-9-14(19)2-4-17(15)22-11-12-1-3-16(20-10-12)13-5-7-21-8-6-13/h1-4,9-10,13H,5-8,11,19H2. The molecule has 1 aliphatic heterocycles. The molecule has 3 rings (SSSR count). The molecule has 116 valence electrons. The van der Waals surface area contributed by atoms with E-state index in [-0.39, 0.29) is 0 Å². The van der Waals surface area contributed by atoms with Crippen LogP contribution in [0.3, 0.4) is 0 Å². The zero-order valence-electron chi connectivity index (χ0n) is 12.3. The van der Waals surface area contributed by atoms with Gasteiger partial charge in [0.1, 0.15) is 12.4 Å². The van der Waals surface area contributed by atoms with Gasteiger partial charge in [-0.2, -0.15) is 0 Å². The Balaban J connectivity index is 1.61. The summed E-state index contributed by atoms with van der Waals surface area (Å²) in [5.41, 5.74) is 8.44. The van der Waals surface area contributed by atoms with Gasteiger partial charge in [-0.1, -0.05) is 17.7 Å². The van der Waals surface area contributed by atoms with E-state index in [4.69, 9.17) is 26.8 Å². The van der Waals surface area contributed by atoms with Crippen molar-refractivity contribution in [2.24, 2.45) is 0 Å². The third-order valence-corrected chi connectivity index (χ3v) is 4.13. The molecule has 0 bridgehead atoms. The topological polar surface area (TPSA) is 57.4 Å². The summed E-state index contributed by atoms with van der Waals surface area (Å²) in [7, 11) is 0. The van der Waals surface area contributed by atoms with Crippen LogP contribution >= 0.6 is 11.6 Å². The van der Waals surface area contributed by atoms with Crippen LogP contribution in [0.4, 0.5) is 5.69 Å². The third kappa shape index (κ3) is 3.70. The van der Waals surface area contributed by atoms with Crippen molar-refractivity contribution in [2.45, 2.75) is 25.4 Å². The molecule has 0 aliphatic carbocycles. The minimum Gasteiger partial charge on any atom is -0.487 e. The monoisotopic (exact) mass is 318 g/mol. The van der Waals surface area contributed by atoms with E-state index in [1.54, 1.807) is 18.2 Å². The van der Waals surface area contributed by atoms with Gasteiger partial charge in [0.25, 0.3) is 0 Å². The second-order valence-corrected chi connectivity index (χ2v) is 5.86. The number of benzene rings is 1. The number of anilines is 1. The normalized spacial score (nSPS) is 15.7. The molecular weight excluding hydrogens is 300 g/mol. The van der Waals surface area contributed by atoms with Gasteiger partial charge in [0.2, 0.25) is 0 Å². The lowest BCUT2D eigenvalue weighted by molar-refractivity contribution is 0.0845. The van der Waals surface area contributed by atoms with Crippen LogP contribution < -0.4 is 10.5 Å². The van der Waals surface area contributed by atoms with Crippen LogP contribution in [0.2, 0.25) is 5.02 Å². The fraction of sp³-hybridized carbons (Fsp3) is 0.353. The van der Waals surface area contributed by atoms with Crippen LogP contribution in [-0.2, 0) is 11.3 Å². The van der Waals surface area contributed by atoms with Crippen LogP contribution in [-0.4, -0.2) is 18.2 Å². The van der Waals surface area contributed by atoms with Gasteiger partial charge in [-0.3, -0.25) is 4.98 Å². The minimum absolute atomic E-state index is 0.435. The number of nitrogens with zero attached hydrogens (tertiary/aromatic N) is 1. The van der Waals surface area contributed by atoms with Gasteiger partial charge < -0.3 is 15.2 Å². The van der Waals surface area contributed by atoms with Crippen LogP contribution in [0, 0.1) is 0 Å². The molecule has 22 heavy (non-hydrogen) atoms. The van der Waals surface area contributed by atoms with Gasteiger partial charge in [0, 0.05) is 42.3 Å². The summed E-state index contributed by atoms with van der Waals surface area (Å²) in [6.45, 7) is 2.09. The summed E-state index contributed by atoms with van der Waals surface area (Å²) in [6, 6.07) is 9.38. The number of hydrogen-bond acceptors (Lipinski definition) is 4. The molecule has 2 heterocycles. The summed E-state index contributed by atoms with van der Waals surface area (Å²) in [6.07, 6.45) is 3.96. The lowest BCUT2D eigenvalue weighted by atomic mass is 9.96. The Morgan fingerprint density at radius 3 is 2.73 bits per heavy atom. The fourth-order valence-electron chi connectivity index (χ4n) is 2.55. The minimum atomic E-state index is 0.435. The number of halogens is 1. The van der Waals surface area contributed by atoms with E-state index in [0.29, 0.717) is 29.0 Å². The molecule has 0 radical (unpaired) electrons. The molecule has 1 aromatic carbocycles. The first-order chi connectivity index (χ1) is 10.7. The highest BCUT2D eigenvalue weighted by Crippen LogP contribution is 2.28. The Morgan fingerprint density at radius 2 is 2.05 bits per heavy atom. The molecule has 0 saturated carbocycles. The Kier molecular flexibility index (Phi) is 4.80. The molecule has 1 fully saturated rings. The summed E-state index contributed by atoms with van der Waals surface area (Å²) in [4.78, 5) is 4.56. The van der Waals surface area contributed by atoms with Gasteiger partial charge in [0.05, 0.1) is 5.02 Å². The molecular formula is C17H19ClN2O2. The van der Waals surface area contributed by atoms with Crippen LogP contribution in [0.1, 0.15) is 30.0 Å². The predicted molar refractivity (Wildman–Crippen MR) is 87.2 cm³/mol. The van der Waals surface area contributed by atoms with Crippen molar-refractivity contribution >= 4 is 17.3 Å². The SMILES string of the molecule is Nc1ccc(OCc2ccc(C3CCOCC3)nc2)c(Cl)c1. The lowest BCUT2D eigenvalue weighted by Gasteiger charge is -2.21.